The molecule has 1 N–H and O–H groups in total. The van der Waals surface area contributed by atoms with E-state index in [1.165, 1.54) is 22.4 Å². The second-order valence-electron chi connectivity index (χ2n) is 5.24. The number of rotatable bonds is 6. The molecule has 0 saturated heterocycles. The van der Waals surface area contributed by atoms with Crippen LogP contribution in [0.2, 0.25) is 0 Å². The lowest BCUT2D eigenvalue weighted by Gasteiger charge is -2.18. The summed E-state index contributed by atoms with van der Waals surface area (Å²) in [5.74, 6) is 0.627. The number of hydrogen-bond donors (Lipinski definition) is 1. The van der Waals surface area contributed by atoms with Gasteiger partial charge in [-0.2, -0.15) is 0 Å². The molecular weight excluding hydrogens is 410 g/mol. The molecule has 2 atom stereocenters. The van der Waals surface area contributed by atoms with Crippen molar-refractivity contribution in [2.75, 3.05) is 6.54 Å². The van der Waals surface area contributed by atoms with E-state index < -0.39 is 0 Å². The quantitative estimate of drug-likeness (QED) is 0.552. The second-order valence-corrected chi connectivity index (χ2v) is 8.49. The summed E-state index contributed by atoms with van der Waals surface area (Å²) in [5.41, 5.74) is 2.75. The van der Waals surface area contributed by atoms with Crippen molar-refractivity contribution in [2.45, 2.75) is 39.2 Å². The zero-order chi connectivity index (χ0) is 15.4. The first-order chi connectivity index (χ1) is 10.1. The van der Waals surface area contributed by atoms with E-state index in [0.29, 0.717) is 5.92 Å². The maximum Gasteiger partial charge on any atom is 0.0843 e. The van der Waals surface area contributed by atoms with Crippen molar-refractivity contribution in [1.82, 2.24) is 5.32 Å². The molecule has 0 spiro atoms. The van der Waals surface area contributed by atoms with E-state index in [1.54, 1.807) is 11.3 Å². The molecular formula is C17H21Br2NS. The zero-order valence-corrected chi connectivity index (χ0v) is 16.6. The summed E-state index contributed by atoms with van der Waals surface area (Å²) in [4.78, 5) is 1.33. The van der Waals surface area contributed by atoms with Gasteiger partial charge in [0.05, 0.1) is 9.83 Å². The summed E-state index contributed by atoms with van der Waals surface area (Å²) in [6.07, 6.45) is 1.18. The molecule has 1 heterocycles. The summed E-state index contributed by atoms with van der Waals surface area (Å²) >= 11 is 8.96. The summed E-state index contributed by atoms with van der Waals surface area (Å²) in [6, 6.07) is 11.5. The minimum atomic E-state index is 0.258. The fourth-order valence-electron chi connectivity index (χ4n) is 2.35. The van der Waals surface area contributed by atoms with Gasteiger partial charge in [0.2, 0.25) is 0 Å². The van der Waals surface area contributed by atoms with Crippen molar-refractivity contribution < 1.29 is 0 Å². The summed E-state index contributed by atoms with van der Waals surface area (Å²) in [5, 5.41) is 3.59. The molecule has 0 bridgehead atoms. The molecule has 0 fully saturated rings. The van der Waals surface area contributed by atoms with Gasteiger partial charge in [-0.3, -0.25) is 0 Å². The van der Waals surface area contributed by atoms with Gasteiger partial charge < -0.3 is 5.32 Å². The highest BCUT2D eigenvalue weighted by Crippen LogP contribution is 2.37. The Morgan fingerprint density at radius 3 is 2.19 bits per heavy atom. The molecule has 1 nitrogen and oxygen atoms in total. The Hall–Kier alpha value is -0.160. The van der Waals surface area contributed by atoms with Crippen LogP contribution < -0.4 is 5.32 Å². The lowest BCUT2D eigenvalue weighted by atomic mass is 9.95. The van der Waals surface area contributed by atoms with E-state index in [0.717, 1.165) is 14.8 Å². The highest BCUT2D eigenvalue weighted by Gasteiger charge is 2.17. The molecule has 0 radical (unpaired) electrons. The molecule has 0 saturated carbocycles. The van der Waals surface area contributed by atoms with Crippen LogP contribution in [0, 0.1) is 0 Å². The van der Waals surface area contributed by atoms with Crippen molar-refractivity contribution >= 4 is 43.2 Å². The van der Waals surface area contributed by atoms with Crippen LogP contribution in [0.1, 0.15) is 55.2 Å². The van der Waals surface area contributed by atoms with E-state index in [1.807, 2.05) is 0 Å². The minimum absolute atomic E-state index is 0.258. The Morgan fingerprint density at radius 1 is 1.10 bits per heavy atom. The maximum absolute atomic E-state index is 3.59. The van der Waals surface area contributed by atoms with Gasteiger partial charge in [-0.15, -0.1) is 11.3 Å². The van der Waals surface area contributed by atoms with E-state index in [-0.39, 0.29) is 6.04 Å². The lowest BCUT2D eigenvalue weighted by Crippen LogP contribution is -2.21. The zero-order valence-electron chi connectivity index (χ0n) is 12.6. The highest BCUT2D eigenvalue weighted by molar-refractivity contribution is 9.13. The number of thiophene rings is 1. The molecule has 2 rings (SSSR count). The monoisotopic (exact) mass is 429 g/mol. The molecule has 0 aliphatic carbocycles. The molecule has 1 aromatic heterocycles. The standard InChI is InChI=1S/C17H21Br2NS/c1-4-11(3)12-6-8-13(9-7-12)16(20-5-2)15-10-14(18)17(19)21-15/h6-11,16,20H,4-5H2,1-3H3. The molecule has 114 valence electrons. The average Bonchev–Trinajstić information content (AvgIpc) is 2.83. The first-order valence-corrected chi connectivity index (χ1v) is 9.75. The summed E-state index contributed by atoms with van der Waals surface area (Å²) in [7, 11) is 0. The van der Waals surface area contributed by atoms with Gasteiger partial charge >= 0.3 is 0 Å². The Balaban J connectivity index is 2.29. The Kier molecular flexibility index (Phi) is 6.48. The molecule has 21 heavy (non-hydrogen) atoms. The summed E-state index contributed by atoms with van der Waals surface area (Å²) < 4.78 is 2.28. The second kappa shape index (κ2) is 7.91. The third kappa shape index (κ3) is 4.19. The number of nitrogens with one attached hydrogen (secondary N) is 1. The molecule has 4 heteroatoms. The van der Waals surface area contributed by atoms with Gasteiger partial charge in [0.25, 0.3) is 0 Å². The van der Waals surface area contributed by atoms with Crippen LogP contribution in [-0.2, 0) is 0 Å². The van der Waals surface area contributed by atoms with E-state index in [2.05, 4.69) is 88.3 Å². The largest absolute Gasteiger partial charge is 0.306 e. The van der Waals surface area contributed by atoms with Crippen molar-refractivity contribution in [3.63, 3.8) is 0 Å². The van der Waals surface area contributed by atoms with Gasteiger partial charge in [0.15, 0.2) is 0 Å². The summed E-state index contributed by atoms with van der Waals surface area (Å²) in [6.45, 7) is 7.62. The highest BCUT2D eigenvalue weighted by atomic mass is 79.9. The Labute approximate surface area is 148 Å². The maximum atomic E-state index is 3.59. The smallest absolute Gasteiger partial charge is 0.0843 e. The van der Waals surface area contributed by atoms with Crippen LogP contribution in [0.3, 0.4) is 0 Å². The van der Waals surface area contributed by atoms with E-state index >= 15 is 0 Å². The molecule has 1 aromatic carbocycles. The minimum Gasteiger partial charge on any atom is -0.306 e. The first-order valence-electron chi connectivity index (χ1n) is 7.34. The van der Waals surface area contributed by atoms with E-state index in [9.17, 15) is 0 Å². The van der Waals surface area contributed by atoms with Gasteiger partial charge in [0.1, 0.15) is 0 Å². The fourth-order valence-corrected chi connectivity index (χ4v) is 4.54. The van der Waals surface area contributed by atoms with Crippen molar-refractivity contribution in [1.29, 1.82) is 0 Å². The Bertz CT molecular complexity index is 557. The predicted molar refractivity (Wildman–Crippen MR) is 100 cm³/mol. The van der Waals surface area contributed by atoms with Crippen LogP contribution in [0.25, 0.3) is 0 Å². The molecule has 0 aliphatic heterocycles. The van der Waals surface area contributed by atoms with Crippen molar-refractivity contribution in [3.8, 4) is 0 Å². The number of benzene rings is 1. The van der Waals surface area contributed by atoms with Gasteiger partial charge in [-0.25, -0.2) is 0 Å². The lowest BCUT2D eigenvalue weighted by molar-refractivity contribution is 0.638. The molecule has 0 amide bonds. The van der Waals surface area contributed by atoms with Gasteiger partial charge in [-0.05, 0) is 67.9 Å². The third-order valence-electron chi connectivity index (χ3n) is 3.81. The van der Waals surface area contributed by atoms with Crippen LogP contribution in [0.15, 0.2) is 38.6 Å². The number of halogens is 2. The molecule has 2 aromatic rings. The average molecular weight is 431 g/mol. The van der Waals surface area contributed by atoms with Crippen LogP contribution >= 0.6 is 43.2 Å². The third-order valence-corrected chi connectivity index (χ3v) is 7.13. The number of hydrogen-bond acceptors (Lipinski definition) is 2. The first kappa shape index (κ1) is 17.2. The van der Waals surface area contributed by atoms with Crippen LogP contribution in [-0.4, -0.2) is 6.54 Å². The van der Waals surface area contributed by atoms with Crippen molar-refractivity contribution in [2.24, 2.45) is 0 Å². The molecule has 0 aliphatic rings. The fraction of sp³-hybridized carbons (Fsp3) is 0.412. The SMILES string of the molecule is CCNC(c1ccc(C(C)CC)cc1)c1cc(Br)c(Br)s1. The normalized spacial score (nSPS) is 14.1. The van der Waals surface area contributed by atoms with Gasteiger partial charge in [0, 0.05) is 9.35 Å². The van der Waals surface area contributed by atoms with Crippen molar-refractivity contribution in [3.05, 3.63) is 54.6 Å². The van der Waals surface area contributed by atoms with Crippen LogP contribution in [0.5, 0.6) is 0 Å². The Morgan fingerprint density at radius 2 is 1.71 bits per heavy atom. The van der Waals surface area contributed by atoms with Gasteiger partial charge in [-0.1, -0.05) is 45.0 Å². The predicted octanol–water partition coefficient (Wildman–Crippen LogP) is 6.49. The molecule has 2 unspecified atom stereocenters. The van der Waals surface area contributed by atoms with Crippen LogP contribution in [0.4, 0.5) is 0 Å². The topological polar surface area (TPSA) is 12.0 Å². The van der Waals surface area contributed by atoms with E-state index in [4.69, 9.17) is 0 Å².